The molecule has 5 atom stereocenters. The fourth-order valence-corrected chi connectivity index (χ4v) is 1.64. The van der Waals surface area contributed by atoms with Crippen molar-refractivity contribution < 1.29 is 24.9 Å². The van der Waals surface area contributed by atoms with E-state index in [1.165, 1.54) is 0 Å². The molecule has 2 aliphatic rings. The van der Waals surface area contributed by atoms with Crippen LogP contribution >= 0.6 is 0 Å². The lowest BCUT2D eigenvalue weighted by Gasteiger charge is -2.40. The molecule has 2 rings (SSSR count). The summed E-state index contributed by atoms with van der Waals surface area (Å²) in [6.07, 6.45) is -4.30. The van der Waals surface area contributed by atoms with Gasteiger partial charge in [0.25, 0.3) is 0 Å². The topological polar surface area (TPSA) is 104 Å². The minimum atomic E-state index is -1.17. The number of aliphatic hydroxyl groups is 3. The third-order valence-corrected chi connectivity index (χ3v) is 2.44. The molecule has 0 aromatic heterocycles. The largest absolute Gasteiger partial charge is 0.394 e. The van der Waals surface area contributed by atoms with Crippen LogP contribution in [0.25, 0.3) is 0 Å². The van der Waals surface area contributed by atoms with Gasteiger partial charge in [-0.25, -0.2) is 0 Å². The molecule has 0 aliphatic carbocycles. The van der Waals surface area contributed by atoms with Crippen molar-refractivity contribution in [2.24, 2.45) is 4.99 Å². The zero-order chi connectivity index (χ0) is 11.0. The van der Waals surface area contributed by atoms with Gasteiger partial charge in [0, 0.05) is 0 Å². The Morgan fingerprint density at radius 2 is 2.20 bits per heavy atom. The van der Waals surface area contributed by atoms with E-state index in [1.54, 1.807) is 6.92 Å². The predicted octanol–water partition coefficient (Wildman–Crippen LogP) is -2.25. The van der Waals surface area contributed by atoms with Crippen molar-refractivity contribution in [3.8, 4) is 0 Å². The van der Waals surface area contributed by atoms with Crippen LogP contribution in [0.15, 0.2) is 4.99 Å². The van der Waals surface area contributed by atoms with Crippen LogP contribution < -0.4 is 5.48 Å². The summed E-state index contributed by atoms with van der Waals surface area (Å²) in [6.45, 7) is 1.31. The van der Waals surface area contributed by atoms with Crippen LogP contribution in [0.2, 0.25) is 0 Å². The highest BCUT2D eigenvalue weighted by atomic mass is 16.7. The number of hydroxylamine groups is 1. The lowest BCUT2D eigenvalue weighted by atomic mass is 9.99. The van der Waals surface area contributed by atoms with Crippen LogP contribution in [-0.2, 0) is 9.57 Å². The zero-order valence-electron chi connectivity index (χ0n) is 8.20. The molecular weight excluding hydrogens is 204 g/mol. The van der Waals surface area contributed by atoms with Crippen LogP contribution in [0, 0.1) is 0 Å². The van der Waals surface area contributed by atoms with E-state index in [-0.39, 0.29) is 6.61 Å². The molecule has 2 heterocycles. The molecular formula is C8H14N2O5. The second-order valence-corrected chi connectivity index (χ2v) is 3.56. The normalized spacial score (nSPS) is 45.9. The number of hydrogen-bond donors (Lipinski definition) is 4. The van der Waals surface area contributed by atoms with Gasteiger partial charge in [0.05, 0.1) is 12.3 Å². The summed E-state index contributed by atoms with van der Waals surface area (Å²) in [7, 11) is 0. The molecule has 0 radical (unpaired) electrons. The van der Waals surface area contributed by atoms with Crippen molar-refractivity contribution in [1.29, 1.82) is 0 Å². The molecule has 15 heavy (non-hydrogen) atoms. The number of ether oxygens (including phenoxy) is 1. The molecule has 0 spiro atoms. The van der Waals surface area contributed by atoms with Gasteiger partial charge in [-0.15, -0.1) is 0 Å². The van der Waals surface area contributed by atoms with Crippen LogP contribution in [0.3, 0.4) is 0 Å². The van der Waals surface area contributed by atoms with E-state index in [1.807, 2.05) is 0 Å². The molecule has 1 saturated heterocycles. The predicted molar refractivity (Wildman–Crippen MR) is 48.9 cm³/mol. The quantitative estimate of drug-likeness (QED) is 0.396. The van der Waals surface area contributed by atoms with E-state index in [2.05, 4.69) is 10.5 Å². The van der Waals surface area contributed by atoms with Crippen LogP contribution in [0.4, 0.5) is 0 Å². The van der Waals surface area contributed by atoms with Gasteiger partial charge in [-0.2, -0.15) is 5.48 Å². The smallest absolute Gasteiger partial charge is 0.171 e. The second kappa shape index (κ2) is 4.12. The summed E-state index contributed by atoms with van der Waals surface area (Å²) in [5, 5.41) is 28.2. The molecule has 7 nitrogen and oxygen atoms in total. The van der Waals surface area contributed by atoms with Crippen molar-refractivity contribution in [3.05, 3.63) is 0 Å². The Labute approximate surface area is 86.3 Å². The molecule has 0 bridgehead atoms. The highest BCUT2D eigenvalue weighted by Crippen LogP contribution is 2.20. The lowest BCUT2D eigenvalue weighted by Crippen LogP contribution is -2.62. The lowest BCUT2D eigenvalue weighted by molar-refractivity contribution is -0.182. The van der Waals surface area contributed by atoms with Gasteiger partial charge in [0.1, 0.15) is 18.3 Å². The first-order chi connectivity index (χ1) is 7.13. The van der Waals surface area contributed by atoms with Gasteiger partial charge < -0.3 is 20.1 Å². The Morgan fingerprint density at radius 1 is 1.47 bits per heavy atom. The number of aliphatic hydroxyl groups excluding tert-OH is 3. The summed E-state index contributed by atoms with van der Waals surface area (Å²) in [5.74, 6) is 0. The van der Waals surface area contributed by atoms with E-state index in [4.69, 9.17) is 14.7 Å². The number of nitrogens with zero attached hydrogens (tertiary/aromatic N) is 1. The summed E-state index contributed by atoms with van der Waals surface area (Å²) < 4.78 is 5.24. The third kappa shape index (κ3) is 1.89. The van der Waals surface area contributed by atoms with Gasteiger partial charge in [-0.3, -0.25) is 9.83 Å². The maximum atomic E-state index is 9.72. The summed E-state index contributed by atoms with van der Waals surface area (Å²) in [4.78, 5) is 9.01. The van der Waals surface area contributed by atoms with Gasteiger partial charge >= 0.3 is 0 Å². The first kappa shape index (κ1) is 10.9. The fraction of sp³-hybridized carbons (Fsp3) is 0.875. The van der Waals surface area contributed by atoms with Crippen molar-refractivity contribution in [3.63, 3.8) is 0 Å². The number of nitrogens with one attached hydrogen (secondary N) is 1. The van der Waals surface area contributed by atoms with Crippen LogP contribution in [-0.4, -0.2) is 58.4 Å². The first-order valence-electron chi connectivity index (χ1n) is 4.74. The molecule has 0 amide bonds. The Hall–Kier alpha value is -0.570. The molecule has 2 aliphatic heterocycles. The Bertz CT molecular complexity index is 272. The molecule has 7 heteroatoms. The van der Waals surface area contributed by atoms with Crippen LogP contribution in [0.5, 0.6) is 0 Å². The third-order valence-electron chi connectivity index (χ3n) is 2.44. The second-order valence-electron chi connectivity index (χ2n) is 3.56. The molecule has 4 N–H and O–H groups in total. The minimum Gasteiger partial charge on any atom is -0.394 e. The Morgan fingerprint density at radius 3 is 2.87 bits per heavy atom. The van der Waals surface area contributed by atoms with Crippen molar-refractivity contribution in [2.75, 3.05) is 6.61 Å². The molecule has 1 unspecified atom stereocenters. The summed E-state index contributed by atoms with van der Waals surface area (Å²) >= 11 is 0. The number of rotatable bonds is 1. The number of fused-ring (bicyclic) bond motifs is 1. The average Bonchev–Trinajstić information content (AvgIpc) is 2.24. The summed E-state index contributed by atoms with van der Waals surface area (Å²) in [5.41, 5.74) is 2.85. The van der Waals surface area contributed by atoms with Gasteiger partial charge in [-0.05, 0) is 6.92 Å². The standard InChI is InChI=1S/C8H14N2O5/c1-3-9-5-7(13)6(12)4(2-11)14-8(5)10-15-3/h3-4,6-8,10-13H,2H2,1H3/t3?,4-,6-,7-,8+/m1/s1. The maximum Gasteiger partial charge on any atom is 0.171 e. The molecule has 0 aromatic rings. The molecule has 0 saturated carbocycles. The maximum absolute atomic E-state index is 9.72. The minimum absolute atomic E-state index is 0.297. The highest BCUT2D eigenvalue weighted by Gasteiger charge is 2.43. The van der Waals surface area contributed by atoms with Gasteiger partial charge in [0.15, 0.2) is 12.5 Å². The van der Waals surface area contributed by atoms with E-state index in [0.717, 1.165) is 0 Å². The molecule has 1 fully saturated rings. The van der Waals surface area contributed by atoms with Gasteiger partial charge in [0.2, 0.25) is 0 Å². The number of aliphatic imine (C=N–C) groups is 1. The Balaban J connectivity index is 2.20. The number of hydrogen-bond acceptors (Lipinski definition) is 7. The van der Waals surface area contributed by atoms with E-state index in [0.29, 0.717) is 5.71 Å². The highest BCUT2D eigenvalue weighted by molar-refractivity contribution is 5.93. The van der Waals surface area contributed by atoms with Crippen LogP contribution in [0.1, 0.15) is 6.92 Å². The van der Waals surface area contributed by atoms with E-state index >= 15 is 0 Å². The van der Waals surface area contributed by atoms with Crippen molar-refractivity contribution in [1.82, 2.24) is 5.48 Å². The van der Waals surface area contributed by atoms with E-state index in [9.17, 15) is 10.2 Å². The van der Waals surface area contributed by atoms with E-state index < -0.39 is 30.8 Å². The molecule has 0 aromatic carbocycles. The SMILES string of the molecule is CC1N=C2[C@@H](O)[C@H](O)[C@@H](CO)O[C@@H]2NO1. The fourth-order valence-electron chi connectivity index (χ4n) is 1.64. The monoisotopic (exact) mass is 218 g/mol. The average molecular weight is 218 g/mol. The Kier molecular flexibility index (Phi) is 3.01. The first-order valence-corrected chi connectivity index (χ1v) is 4.74. The van der Waals surface area contributed by atoms with Crippen molar-refractivity contribution >= 4 is 5.71 Å². The molecule has 86 valence electrons. The van der Waals surface area contributed by atoms with Crippen molar-refractivity contribution in [2.45, 2.75) is 37.7 Å². The van der Waals surface area contributed by atoms with Gasteiger partial charge in [-0.1, -0.05) is 0 Å². The zero-order valence-corrected chi connectivity index (χ0v) is 8.20. The summed E-state index contributed by atoms with van der Waals surface area (Å²) in [6, 6.07) is 0.